The molecule has 0 aromatic carbocycles. The number of carbonyl (C=O) groups excluding carboxylic acids is 1. The first-order valence-electron chi connectivity index (χ1n) is 4.30. The summed E-state index contributed by atoms with van der Waals surface area (Å²) < 4.78 is 0. The van der Waals surface area contributed by atoms with E-state index in [1.54, 1.807) is 18.3 Å². The Balaban J connectivity index is 2.47. The molecular weight excluding hydrogens is 198 g/mol. The number of carboxylic acids is 1. The number of carbonyl (C=O) groups is 2. The van der Waals surface area contributed by atoms with Crippen LogP contribution in [0.3, 0.4) is 0 Å². The number of nitrogens with one attached hydrogen (secondary N) is 2. The average molecular weight is 209 g/mol. The van der Waals surface area contributed by atoms with Crippen molar-refractivity contribution in [3.05, 3.63) is 24.5 Å². The van der Waals surface area contributed by atoms with E-state index in [1.165, 1.54) is 13.1 Å². The smallest absolute Gasteiger partial charge is 0.325 e. The first-order chi connectivity index (χ1) is 7.09. The van der Waals surface area contributed by atoms with Crippen molar-refractivity contribution in [1.82, 2.24) is 10.3 Å². The highest BCUT2D eigenvalue weighted by Gasteiger charge is 2.13. The number of hydrogen-bond acceptors (Lipinski definition) is 3. The number of aromatic nitrogens is 1. The molecule has 0 fully saturated rings. The third kappa shape index (κ3) is 3.63. The van der Waals surface area contributed by atoms with Gasteiger partial charge in [-0.1, -0.05) is 0 Å². The summed E-state index contributed by atoms with van der Waals surface area (Å²) in [6.07, 6.45) is 3.04. The Morgan fingerprint density at radius 1 is 1.53 bits per heavy atom. The Morgan fingerprint density at radius 2 is 2.27 bits per heavy atom. The summed E-state index contributed by atoms with van der Waals surface area (Å²) in [5.41, 5.74) is 0.507. The Hall–Kier alpha value is -2.11. The summed E-state index contributed by atoms with van der Waals surface area (Å²) in [4.78, 5) is 25.4. The number of pyridine rings is 1. The molecule has 0 spiro atoms. The molecule has 1 aromatic heterocycles. The second kappa shape index (κ2) is 4.94. The van der Waals surface area contributed by atoms with E-state index in [0.717, 1.165) is 0 Å². The van der Waals surface area contributed by atoms with Crippen LogP contribution in [0.4, 0.5) is 10.5 Å². The molecule has 0 aliphatic rings. The molecule has 6 heteroatoms. The topological polar surface area (TPSA) is 91.3 Å². The summed E-state index contributed by atoms with van der Waals surface area (Å²) in [6, 6.07) is 1.81. The van der Waals surface area contributed by atoms with Gasteiger partial charge in [-0.25, -0.2) is 4.79 Å². The molecule has 1 rings (SSSR count). The zero-order valence-corrected chi connectivity index (χ0v) is 8.10. The van der Waals surface area contributed by atoms with E-state index in [0.29, 0.717) is 5.69 Å². The van der Waals surface area contributed by atoms with Crippen LogP contribution in [0.15, 0.2) is 24.5 Å². The van der Waals surface area contributed by atoms with Crippen LogP contribution in [-0.2, 0) is 4.79 Å². The number of urea groups is 1. The number of nitrogens with zero attached hydrogens (tertiary/aromatic N) is 1. The van der Waals surface area contributed by atoms with Gasteiger partial charge in [0.25, 0.3) is 0 Å². The number of hydrogen-bond donors (Lipinski definition) is 3. The zero-order valence-electron chi connectivity index (χ0n) is 8.10. The van der Waals surface area contributed by atoms with Gasteiger partial charge in [-0.2, -0.15) is 0 Å². The van der Waals surface area contributed by atoms with E-state index < -0.39 is 18.0 Å². The molecule has 0 aliphatic heterocycles. The van der Waals surface area contributed by atoms with Crippen molar-refractivity contribution in [1.29, 1.82) is 0 Å². The first-order valence-corrected chi connectivity index (χ1v) is 4.30. The van der Waals surface area contributed by atoms with Gasteiger partial charge in [-0.05, 0) is 19.1 Å². The molecule has 0 saturated heterocycles. The van der Waals surface area contributed by atoms with Gasteiger partial charge >= 0.3 is 12.0 Å². The fourth-order valence-corrected chi connectivity index (χ4v) is 0.862. The standard InChI is InChI=1S/C9H11N3O3/c1-6(8(13)14)11-9(15)12-7-3-2-4-10-5-7/h2-6H,1H3,(H,13,14)(H2,11,12,15). The SMILES string of the molecule is CC(NC(=O)Nc1cccnc1)C(=O)O. The van der Waals surface area contributed by atoms with Gasteiger partial charge in [0.15, 0.2) is 0 Å². The highest BCUT2D eigenvalue weighted by atomic mass is 16.4. The molecule has 3 N–H and O–H groups in total. The van der Waals surface area contributed by atoms with Crippen LogP contribution in [0.25, 0.3) is 0 Å². The number of carboxylic acid groups (broad SMARTS) is 1. The van der Waals surface area contributed by atoms with Crippen molar-refractivity contribution in [2.45, 2.75) is 13.0 Å². The molecule has 0 saturated carbocycles. The third-order valence-corrected chi connectivity index (χ3v) is 1.64. The predicted octanol–water partition coefficient (Wildman–Crippen LogP) is 0.676. The normalized spacial score (nSPS) is 11.5. The summed E-state index contributed by atoms with van der Waals surface area (Å²) in [6.45, 7) is 1.38. The second-order valence-corrected chi connectivity index (χ2v) is 2.90. The van der Waals surface area contributed by atoms with Gasteiger partial charge in [0, 0.05) is 6.20 Å². The molecular formula is C9H11N3O3. The summed E-state index contributed by atoms with van der Waals surface area (Å²) in [7, 11) is 0. The van der Waals surface area contributed by atoms with E-state index in [-0.39, 0.29) is 0 Å². The highest BCUT2D eigenvalue weighted by Crippen LogP contribution is 2.01. The van der Waals surface area contributed by atoms with Crippen molar-refractivity contribution in [2.24, 2.45) is 0 Å². The van der Waals surface area contributed by atoms with E-state index >= 15 is 0 Å². The molecule has 0 aliphatic carbocycles. The van der Waals surface area contributed by atoms with Gasteiger partial charge < -0.3 is 15.7 Å². The number of anilines is 1. The van der Waals surface area contributed by atoms with Crippen molar-refractivity contribution in [2.75, 3.05) is 5.32 Å². The Morgan fingerprint density at radius 3 is 2.80 bits per heavy atom. The third-order valence-electron chi connectivity index (χ3n) is 1.64. The fraction of sp³-hybridized carbons (Fsp3) is 0.222. The van der Waals surface area contributed by atoms with E-state index in [4.69, 9.17) is 5.11 Å². The van der Waals surface area contributed by atoms with Gasteiger partial charge in [0.1, 0.15) is 6.04 Å². The molecule has 15 heavy (non-hydrogen) atoms. The Kier molecular flexibility index (Phi) is 3.61. The van der Waals surface area contributed by atoms with Crippen LogP contribution in [0.5, 0.6) is 0 Å². The maximum Gasteiger partial charge on any atom is 0.325 e. The zero-order chi connectivity index (χ0) is 11.3. The second-order valence-electron chi connectivity index (χ2n) is 2.90. The maximum atomic E-state index is 11.2. The van der Waals surface area contributed by atoms with Crippen LogP contribution in [-0.4, -0.2) is 28.1 Å². The van der Waals surface area contributed by atoms with Crippen molar-refractivity contribution in [3.8, 4) is 0 Å². The van der Waals surface area contributed by atoms with E-state index in [9.17, 15) is 9.59 Å². The Bertz CT molecular complexity index is 353. The lowest BCUT2D eigenvalue weighted by Crippen LogP contribution is -2.40. The molecule has 1 aromatic rings. The molecule has 6 nitrogen and oxygen atoms in total. The molecule has 0 radical (unpaired) electrons. The summed E-state index contributed by atoms with van der Waals surface area (Å²) in [5, 5.41) is 13.2. The van der Waals surface area contributed by atoms with Crippen molar-refractivity contribution in [3.63, 3.8) is 0 Å². The molecule has 1 unspecified atom stereocenters. The number of aliphatic carboxylic acids is 1. The van der Waals surface area contributed by atoms with E-state index in [1.807, 2.05) is 0 Å². The molecule has 2 amide bonds. The first kappa shape index (κ1) is 11.0. The molecule has 80 valence electrons. The lowest BCUT2D eigenvalue weighted by molar-refractivity contribution is -0.138. The van der Waals surface area contributed by atoms with Gasteiger partial charge in [-0.15, -0.1) is 0 Å². The minimum atomic E-state index is -1.09. The van der Waals surface area contributed by atoms with Gasteiger partial charge in [0.2, 0.25) is 0 Å². The van der Waals surface area contributed by atoms with Crippen LogP contribution >= 0.6 is 0 Å². The number of rotatable bonds is 3. The van der Waals surface area contributed by atoms with Crippen molar-refractivity contribution >= 4 is 17.7 Å². The lowest BCUT2D eigenvalue weighted by Gasteiger charge is -2.10. The maximum absolute atomic E-state index is 11.2. The molecule has 1 atom stereocenters. The van der Waals surface area contributed by atoms with Crippen LogP contribution < -0.4 is 10.6 Å². The highest BCUT2D eigenvalue weighted by molar-refractivity contribution is 5.91. The Labute approximate surface area is 86.3 Å². The van der Waals surface area contributed by atoms with Crippen molar-refractivity contribution < 1.29 is 14.7 Å². The molecule has 0 bridgehead atoms. The van der Waals surface area contributed by atoms with Crippen LogP contribution in [0.1, 0.15) is 6.92 Å². The summed E-state index contributed by atoms with van der Waals surface area (Å²) in [5.74, 6) is -1.09. The average Bonchev–Trinajstić information content (AvgIpc) is 2.18. The fourth-order valence-electron chi connectivity index (χ4n) is 0.862. The monoisotopic (exact) mass is 209 g/mol. The van der Waals surface area contributed by atoms with E-state index in [2.05, 4.69) is 15.6 Å². The number of amides is 2. The quantitative estimate of drug-likeness (QED) is 0.682. The largest absolute Gasteiger partial charge is 0.480 e. The van der Waals surface area contributed by atoms with Crippen LogP contribution in [0.2, 0.25) is 0 Å². The molecule has 1 heterocycles. The van der Waals surface area contributed by atoms with Gasteiger partial charge in [0.05, 0.1) is 11.9 Å². The minimum Gasteiger partial charge on any atom is -0.480 e. The van der Waals surface area contributed by atoms with Crippen LogP contribution in [0, 0.1) is 0 Å². The summed E-state index contributed by atoms with van der Waals surface area (Å²) >= 11 is 0. The minimum absolute atomic E-state index is 0.507. The predicted molar refractivity (Wildman–Crippen MR) is 53.5 cm³/mol. The van der Waals surface area contributed by atoms with Gasteiger partial charge in [-0.3, -0.25) is 9.78 Å². The lowest BCUT2D eigenvalue weighted by atomic mass is 10.3.